The van der Waals surface area contributed by atoms with Crippen LogP contribution < -0.4 is 0 Å². The summed E-state index contributed by atoms with van der Waals surface area (Å²) in [6.45, 7) is 4.51. The molecule has 2 aliphatic rings. The summed E-state index contributed by atoms with van der Waals surface area (Å²) >= 11 is 0. The van der Waals surface area contributed by atoms with Crippen molar-refractivity contribution in [1.82, 2.24) is 9.80 Å². The number of carbonyl (C=O) groups is 1. The second kappa shape index (κ2) is 7.42. The zero-order chi connectivity index (χ0) is 17.1. The van der Waals surface area contributed by atoms with Crippen LogP contribution in [0.1, 0.15) is 23.7 Å². The molecule has 25 heavy (non-hydrogen) atoms. The zero-order valence-corrected chi connectivity index (χ0v) is 14.3. The van der Waals surface area contributed by atoms with Crippen LogP contribution in [0, 0.1) is 0 Å². The number of hydrogen-bond donors (Lipinski definition) is 0. The van der Waals surface area contributed by atoms with E-state index < -0.39 is 0 Å². The standard InChI is InChI=1S/C20H24N2O3/c23-20(22-9-8-17(14-22)18-7-4-11-24-18)19-15-21(10-12-25-19)13-16-5-2-1-3-6-16/h1-7,11,17,19H,8-10,12-15H2/t17-,19-/m1/s1. The maximum atomic E-state index is 12.9. The number of morpholine rings is 1. The Morgan fingerprint density at radius 3 is 2.76 bits per heavy atom. The highest BCUT2D eigenvalue weighted by Gasteiger charge is 2.35. The molecule has 2 atom stereocenters. The van der Waals surface area contributed by atoms with Crippen molar-refractivity contribution in [3.8, 4) is 0 Å². The number of furan rings is 1. The molecular weight excluding hydrogens is 316 g/mol. The average molecular weight is 340 g/mol. The van der Waals surface area contributed by atoms with Crippen LogP contribution in [0.2, 0.25) is 0 Å². The van der Waals surface area contributed by atoms with Crippen molar-refractivity contribution < 1.29 is 13.9 Å². The van der Waals surface area contributed by atoms with Gasteiger partial charge in [-0.1, -0.05) is 30.3 Å². The van der Waals surface area contributed by atoms with Gasteiger partial charge < -0.3 is 14.1 Å². The summed E-state index contributed by atoms with van der Waals surface area (Å²) in [6.07, 6.45) is 2.30. The molecule has 0 unspecified atom stereocenters. The van der Waals surface area contributed by atoms with Gasteiger partial charge in [0.05, 0.1) is 12.9 Å². The van der Waals surface area contributed by atoms with Gasteiger partial charge in [-0.2, -0.15) is 0 Å². The fourth-order valence-corrected chi connectivity index (χ4v) is 3.76. The third-order valence-corrected chi connectivity index (χ3v) is 5.12. The van der Waals surface area contributed by atoms with Crippen LogP contribution in [-0.4, -0.2) is 54.6 Å². The predicted molar refractivity (Wildman–Crippen MR) is 94.1 cm³/mol. The summed E-state index contributed by atoms with van der Waals surface area (Å²) < 4.78 is 11.3. The number of carbonyl (C=O) groups excluding carboxylic acids is 1. The smallest absolute Gasteiger partial charge is 0.253 e. The fraction of sp³-hybridized carbons (Fsp3) is 0.450. The topological polar surface area (TPSA) is 45.9 Å². The lowest BCUT2D eigenvalue weighted by molar-refractivity contribution is -0.148. The third kappa shape index (κ3) is 3.78. The number of amides is 1. The normalized spacial score (nSPS) is 24.6. The lowest BCUT2D eigenvalue weighted by Gasteiger charge is -2.34. The summed E-state index contributed by atoms with van der Waals surface area (Å²) in [7, 11) is 0. The van der Waals surface area contributed by atoms with E-state index in [1.54, 1.807) is 6.26 Å². The first-order valence-corrected chi connectivity index (χ1v) is 8.99. The number of benzene rings is 1. The molecule has 2 aromatic rings. The summed E-state index contributed by atoms with van der Waals surface area (Å²) in [6, 6.07) is 14.3. The minimum absolute atomic E-state index is 0.117. The third-order valence-electron chi connectivity index (χ3n) is 5.12. The Balaban J connectivity index is 1.34. The molecule has 0 bridgehead atoms. The number of rotatable bonds is 4. The van der Waals surface area contributed by atoms with Crippen molar-refractivity contribution in [1.29, 1.82) is 0 Å². The molecule has 5 heteroatoms. The van der Waals surface area contributed by atoms with Crippen LogP contribution in [0.25, 0.3) is 0 Å². The highest BCUT2D eigenvalue weighted by Crippen LogP contribution is 2.28. The van der Waals surface area contributed by atoms with Crippen molar-refractivity contribution in [3.63, 3.8) is 0 Å². The SMILES string of the molecule is O=C([C@H]1CN(Cc2ccccc2)CCO1)N1CC[C@@H](c2ccco2)C1. The molecule has 2 fully saturated rings. The number of nitrogens with zero attached hydrogens (tertiary/aromatic N) is 2. The van der Waals surface area contributed by atoms with Crippen LogP contribution >= 0.6 is 0 Å². The molecule has 132 valence electrons. The van der Waals surface area contributed by atoms with Crippen molar-refractivity contribution in [2.75, 3.05) is 32.8 Å². The Morgan fingerprint density at radius 1 is 1.08 bits per heavy atom. The molecule has 3 heterocycles. The van der Waals surface area contributed by atoms with Crippen LogP contribution in [0.4, 0.5) is 0 Å². The second-order valence-electron chi connectivity index (χ2n) is 6.87. The predicted octanol–water partition coefficient (Wildman–Crippen LogP) is 2.50. The van der Waals surface area contributed by atoms with Gasteiger partial charge in [0.1, 0.15) is 11.9 Å². The van der Waals surface area contributed by atoms with Crippen LogP contribution in [0.15, 0.2) is 53.1 Å². The Morgan fingerprint density at radius 2 is 1.96 bits per heavy atom. The van der Waals surface area contributed by atoms with Crippen LogP contribution in [-0.2, 0) is 16.1 Å². The van der Waals surface area contributed by atoms with E-state index in [0.717, 1.165) is 38.4 Å². The van der Waals surface area contributed by atoms with Gasteiger partial charge in [-0.15, -0.1) is 0 Å². The molecular formula is C20H24N2O3. The molecule has 2 aliphatic heterocycles. The van der Waals surface area contributed by atoms with E-state index in [-0.39, 0.29) is 12.0 Å². The highest BCUT2D eigenvalue weighted by atomic mass is 16.5. The molecule has 0 aliphatic carbocycles. The number of likely N-dealkylation sites (tertiary alicyclic amines) is 1. The first kappa shape index (κ1) is 16.4. The van der Waals surface area contributed by atoms with E-state index in [9.17, 15) is 4.79 Å². The molecule has 5 nitrogen and oxygen atoms in total. The van der Waals surface area contributed by atoms with Gasteiger partial charge in [0, 0.05) is 38.6 Å². The molecule has 0 N–H and O–H groups in total. The van der Waals surface area contributed by atoms with Crippen LogP contribution in [0.5, 0.6) is 0 Å². The first-order valence-electron chi connectivity index (χ1n) is 8.99. The lowest BCUT2D eigenvalue weighted by atomic mass is 10.1. The fourth-order valence-electron chi connectivity index (χ4n) is 3.76. The molecule has 2 saturated heterocycles. The van der Waals surface area contributed by atoms with E-state index in [1.807, 2.05) is 23.1 Å². The first-order chi connectivity index (χ1) is 12.3. The minimum atomic E-state index is -0.354. The number of hydrogen-bond acceptors (Lipinski definition) is 4. The molecule has 1 amide bonds. The number of ether oxygens (including phenoxy) is 1. The van der Waals surface area contributed by atoms with Gasteiger partial charge in [0.2, 0.25) is 0 Å². The lowest BCUT2D eigenvalue weighted by Crippen LogP contribution is -2.50. The van der Waals surface area contributed by atoms with Gasteiger partial charge in [-0.05, 0) is 24.1 Å². The maximum absolute atomic E-state index is 12.9. The largest absolute Gasteiger partial charge is 0.469 e. The van der Waals surface area contributed by atoms with Gasteiger partial charge in [0.15, 0.2) is 0 Å². The van der Waals surface area contributed by atoms with Gasteiger partial charge in [0.25, 0.3) is 5.91 Å². The molecule has 0 radical (unpaired) electrons. The summed E-state index contributed by atoms with van der Waals surface area (Å²) in [4.78, 5) is 17.1. The van der Waals surface area contributed by atoms with Crippen molar-refractivity contribution in [2.24, 2.45) is 0 Å². The second-order valence-corrected chi connectivity index (χ2v) is 6.87. The van der Waals surface area contributed by atoms with Gasteiger partial charge in [-0.3, -0.25) is 9.69 Å². The Kier molecular flexibility index (Phi) is 4.85. The van der Waals surface area contributed by atoms with Crippen molar-refractivity contribution >= 4 is 5.91 Å². The van der Waals surface area contributed by atoms with Crippen LogP contribution in [0.3, 0.4) is 0 Å². The van der Waals surface area contributed by atoms with Gasteiger partial charge in [-0.25, -0.2) is 0 Å². The molecule has 4 rings (SSSR count). The van der Waals surface area contributed by atoms with E-state index in [4.69, 9.17) is 9.15 Å². The van der Waals surface area contributed by atoms with E-state index in [2.05, 4.69) is 29.2 Å². The average Bonchev–Trinajstić information content (AvgIpc) is 3.34. The summed E-state index contributed by atoms with van der Waals surface area (Å²) in [5.41, 5.74) is 1.27. The van der Waals surface area contributed by atoms with Crippen molar-refractivity contribution in [2.45, 2.75) is 25.0 Å². The molecule has 1 aromatic heterocycles. The minimum Gasteiger partial charge on any atom is -0.469 e. The monoisotopic (exact) mass is 340 g/mol. The van der Waals surface area contributed by atoms with Gasteiger partial charge >= 0.3 is 0 Å². The molecule has 0 saturated carbocycles. The van der Waals surface area contributed by atoms with Crippen molar-refractivity contribution in [3.05, 3.63) is 60.1 Å². The quantitative estimate of drug-likeness (QED) is 0.858. The zero-order valence-electron chi connectivity index (χ0n) is 14.3. The van der Waals surface area contributed by atoms with E-state index >= 15 is 0 Å². The Bertz CT molecular complexity index is 686. The summed E-state index contributed by atoms with van der Waals surface area (Å²) in [5.74, 6) is 1.40. The Hall–Kier alpha value is -2.11. The highest BCUT2D eigenvalue weighted by molar-refractivity contribution is 5.81. The molecule has 0 spiro atoms. The summed E-state index contributed by atoms with van der Waals surface area (Å²) in [5, 5.41) is 0. The maximum Gasteiger partial charge on any atom is 0.253 e. The van der Waals surface area contributed by atoms with E-state index in [1.165, 1.54) is 5.56 Å². The van der Waals surface area contributed by atoms with E-state index in [0.29, 0.717) is 19.1 Å². The molecule has 1 aromatic carbocycles. The Labute approximate surface area is 148 Å².